The van der Waals surface area contributed by atoms with E-state index >= 15 is 0 Å². The molecule has 6 heteroatoms. The van der Waals surface area contributed by atoms with Crippen molar-refractivity contribution in [1.82, 2.24) is 0 Å². The van der Waals surface area contributed by atoms with Crippen molar-refractivity contribution in [2.45, 2.75) is 18.2 Å². The van der Waals surface area contributed by atoms with Gasteiger partial charge in [0, 0.05) is 16.9 Å². The fourth-order valence-corrected chi connectivity index (χ4v) is 3.59. The van der Waals surface area contributed by atoms with Crippen molar-refractivity contribution in [2.75, 3.05) is 10.0 Å². The Morgan fingerprint density at radius 3 is 2.04 bits per heavy atom. The average molecular weight is 380 g/mol. The molecule has 27 heavy (non-hydrogen) atoms. The van der Waals surface area contributed by atoms with Crippen molar-refractivity contribution in [3.8, 4) is 0 Å². The zero-order valence-corrected chi connectivity index (χ0v) is 15.7. The number of carbonyl (C=O) groups is 1. The number of benzene rings is 3. The van der Waals surface area contributed by atoms with Gasteiger partial charge in [-0.2, -0.15) is 0 Å². The van der Waals surface area contributed by atoms with Gasteiger partial charge in [-0.15, -0.1) is 0 Å². The van der Waals surface area contributed by atoms with Crippen molar-refractivity contribution in [1.29, 1.82) is 0 Å². The van der Waals surface area contributed by atoms with Gasteiger partial charge in [0.05, 0.1) is 4.90 Å². The summed E-state index contributed by atoms with van der Waals surface area (Å²) in [5.41, 5.74) is 2.69. The lowest BCUT2D eigenvalue weighted by molar-refractivity contribution is 0.102. The molecule has 0 aromatic heterocycles. The quantitative estimate of drug-likeness (QED) is 0.669. The molecule has 0 bridgehead atoms. The van der Waals surface area contributed by atoms with Crippen LogP contribution in [0.15, 0.2) is 83.8 Å². The lowest BCUT2D eigenvalue weighted by atomic mass is 10.2. The van der Waals surface area contributed by atoms with Crippen molar-refractivity contribution < 1.29 is 13.2 Å². The molecule has 0 aliphatic carbocycles. The Kier molecular flexibility index (Phi) is 5.57. The maximum Gasteiger partial charge on any atom is 0.261 e. The Morgan fingerprint density at radius 2 is 1.44 bits per heavy atom. The molecule has 138 valence electrons. The summed E-state index contributed by atoms with van der Waals surface area (Å²) in [4.78, 5) is 12.3. The van der Waals surface area contributed by atoms with Crippen LogP contribution in [0.25, 0.3) is 0 Å². The maximum atomic E-state index is 12.5. The van der Waals surface area contributed by atoms with Crippen LogP contribution in [-0.4, -0.2) is 14.3 Å². The maximum absolute atomic E-state index is 12.5. The molecule has 0 aliphatic rings. The SMILES string of the molecule is CCc1ccc(NS(=O)(=O)c2ccc(C(=O)Nc3ccccc3)cc2)cc1. The van der Waals surface area contributed by atoms with Crippen LogP contribution in [-0.2, 0) is 16.4 Å². The number of sulfonamides is 1. The van der Waals surface area contributed by atoms with Gasteiger partial charge < -0.3 is 5.32 Å². The molecule has 1 amide bonds. The minimum atomic E-state index is -3.72. The lowest BCUT2D eigenvalue weighted by Crippen LogP contribution is -2.14. The largest absolute Gasteiger partial charge is 0.322 e. The summed E-state index contributed by atoms with van der Waals surface area (Å²) >= 11 is 0. The van der Waals surface area contributed by atoms with Gasteiger partial charge in [0.2, 0.25) is 0 Å². The first-order valence-electron chi connectivity index (χ1n) is 8.56. The average Bonchev–Trinajstić information content (AvgIpc) is 2.69. The highest BCUT2D eigenvalue weighted by Gasteiger charge is 2.15. The second-order valence-corrected chi connectivity index (χ2v) is 7.68. The molecule has 0 spiro atoms. The van der Waals surface area contributed by atoms with E-state index < -0.39 is 10.0 Å². The number of anilines is 2. The fourth-order valence-electron chi connectivity index (χ4n) is 2.53. The number of amides is 1. The summed E-state index contributed by atoms with van der Waals surface area (Å²) in [6.45, 7) is 2.04. The standard InChI is InChI=1S/C21H20N2O3S/c1-2-16-8-12-19(13-9-16)23-27(25,26)20-14-10-17(11-15-20)21(24)22-18-6-4-3-5-7-18/h3-15,23H,2H2,1H3,(H,22,24). The smallest absolute Gasteiger partial charge is 0.261 e. The molecule has 0 saturated carbocycles. The summed E-state index contributed by atoms with van der Waals surface area (Å²) in [6.07, 6.45) is 0.888. The summed E-state index contributed by atoms with van der Waals surface area (Å²) in [6, 6.07) is 22.1. The number of nitrogens with one attached hydrogen (secondary N) is 2. The van der Waals surface area contributed by atoms with E-state index in [0.29, 0.717) is 16.9 Å². The second-order valence-electron chi connectivity index (χ2n) is 6.00. The fraction of sp³-hybridized carbons (Fsp3) is 0.0952. The van der Waals surface area contributed by atoms with E-state index in [-0.39, 0.29) is 10.8 Å². The van der Waals surface area contributed by atoms with Crippen LogP contribution in [0.1, 0.15) is 22.8 Å². The summed E-state index contributed by atoms with van der Waals surface area (Å²) in [7, 11) is -3.72. The van der Waals surface area contributed by atoms with Gasteiger partial charge in [-0.25, -0.2) is 8.42 Å². The van der Waals surface area contributed by atoms with Gasteiger partial charge in [-0.05, 0) is 60.5 Å². The van der Waals surface area contributed by atoms with Crippen molar-refractivity contribution in [3.05, 3.63) is 90.0 Å². The van der Waals surface area contributed by atoms with Crippen molar-refractivity contribution in [3.63, 3.8) is 0 Å². The van der Waals surface area contributed by atoms with Gasteiger partial charge in [-0.3, -0.25) is 9.52 Å². The van der Waals surface area contributed by atoms with E-state index in [1.807, 2.05) is 37.3 Å². The van der Waals surface area contributed by atoms with Gasteiger partial charge >= 0.3 is 0 Å². The summed E-state index contributed by atoms with van der Waals surface area (Å²) in [5.74, 6) is -0.298. The highest BCUT2D eigenvalue weighted by atomic mass is 32.2. The van der Waals surface area contributed by atoms with E-state index in [2.05, 4.69) is 10.0 Å². The molecule has 3 aromatic carbocycles. The van der Waals surface area contributed by atoms with Crippen LogP contribution in [0.4, 0.5) is 11.4 Å². The monoisotopic (exact) mass is 380 g/mol. The van der Waals surface area contributed by atoms with Crippen molar-refractivity contribution >= 4 is 27.3 Å². The third-order valence-electron chi connectivity index (χ3n) is 4.07. The zero-order valence-electron chi connectivity index (χ0n) is 14.8. The Morgan fingerprint density at radius 1 is 0.815 bits per heavy atom. The van der Waals surface area contributed by atoms with Gasteiger partial charge in [0.15, 0.2) is 0 Å². The molecular weight excluding hydrogens is 360 g/mol. The second kappa shape index (κ2) is 8.05. The lowest BCUT2D eigenvalue weighted by Gasteiger charge is -2.10. The minimum Gasteiger partial charge on any atom is -0.322 e. The van der Waals surface area contributed by atoms with E-state index in [0.717, 1.165) is 12.0 Å². The Balaban J connectivity index is 1.72. The molecule has 0 heterocycles. The summed E-state index contributed by atoms with van der Waals surface area (Å²) < 4.78 is 27.6. The van der Waals surface area contributed by atoms with Crippen LogP contribution in [0.5, 0.6) is 0 Å². The number of hydrogen-bond acceptors (Lipinski definition) is 3. The van der Waals surface area contributed by atoms with Crippen LogP contribution < -0.4 is 10.0 Å². The van der Waals surface area contributed by atoms with Crippen LogP contribution in [0, 0.1) is 0 Å². The molecule has 0 fully saturated rings. The molecule has 3 aromatic rings. The van der Waals surface area contributed by atoms with Crippen LogP contribution in [0.2, 0.25) is 0 Å². The Bertz CT molecular complexity index is 1010. The van der Waals surface area contributed by atoms with E-state index in [1.54, 1.807) is 24.3 Å². The van der Waals surface area contributed by atoms with Crippen LogP contribution in [0.3, 0.4) is 0 Å². The number of rotatable bonds is 6. The number of hydrogen-bond donors (Lipinski definition) is 2. The third kappa shape index (κ3) is 4.74. The molecule has 0 unspecified atom stereocenters. The molecule has 0 atom stereocenters. The zero-order chi connectivity index (χ0) is 19.3. The van der Waals surface area contributed by atoms with Crippen LogP contribution >= 0.6 is 0 Å². The van der Waals surface area contributed by atoms with Gasteiger partial charge in [0.25, 0.3) is 15.9 Å². The Labute approximate surface area is 159 Å². The topological polar surface area (TPSA) is 75.3 Å². The first-order chi connectivity index (χ1) is 13.0. The van der Waals surface area contributed by atoms with E-state index in [9.17, 15) is 13.2 Å². The summed E-state index contributed by atoms with van der Waals surface area (Å²) in [5, 5.41) is 2.76. The molecule has 0 saturated heterocycles. The predicted octanol–water partition coefficient (Wildman–Crippen LogP) is 4.30. The molecule has 0 aliphatic heterocycles. The Hall–Kier alpha value is -3.12. The predicted molar refractivity (Wildman–Crippen MR) is 107 cm³/mol. The normalized spacial score (nSPS) is 11.0. The minimum absolute atomic E-state index is 0.0957. The van der Waals surface area contributed by atoms with E-state index in [4.69, 9.17) is 0 Å². The van der Waals surface area contributed by atoms with E-state index in [1.165, 1.54) is 24.3 Å². The highest BCUT2D eigenvalue weighted by Crippen LogP contribution is 2.18. The molecule has 5 nitrogen and oxygen atoms in total. The molecule has 2 N–H and O–H groups in total. The number of para-hydroxylation sites is 1. The van der Waals surface area contributed by atoms with Gasteiger partial charge in [-0.1, -0.05) is 37.3 Å². The first-order valence-corrected chi connectivity index (χ1v) is 10.0. The third-order valence-corrected chi connectivity index (χ3v) is 5.47. The number of carbonyl (C=O) groups excluding carboxylic acids is 1. The van der Waals surface area contributed by atoms with Gasteiger partial charge in [0.1, 0.15) is 0 Å². The van der Waals surface area contributed by atoms with Crippen molar-refractivity contribution in [2.24, 2.45) is 0 Å². The number of aryl methyl sites for hydroxylation is 1. The molecule has 0 radical (unpaired) electrons. The highest BCUT2D eigenvalue weighted by molar-refractivity contribution is 7.92. The molecular formula is C21H20N2O3S. The first kappa shape index (κ1) is 18.7. The molecule has 3 rings (SSSR count).